The molecule has 0 aromatic heterocycles. The first-order chi connectivity index (χ1) is 20.1. The third-order valence-electron chi connectivity index (χ3n) is 7.49. The van der Waals surface area contributed by atoms with E-state index >= 15 is 0 Å². The van der Waals surface area contributed by atoms with Crippen LogP contribution >= 0.6 is 45.1 Å². The third kappa shape index (κ3) is 8.79. The van der Waals surface area contributed by atoms with Crippen molar-refractivity contribution in [1.29, 1.82) is 0 Å². The quantitative estimate of drug-likeness (QED) is 0.307. The van der Waals surface area contributed by atoms with Gasteiger partial charge in [-0.25, -0.2) is 0 Å². The highest BCUT2D eigenvalue weighted by molar-refractivity contribution is 8.87. The van der Waals surface area contributed by atoms with Gasteiger partial charge in [-0.1, -0.05) is 74.5 Å². The van der Waals surface area contributed by atoms with E-state index in [0.29, 0.717) is 37.4 Å². The van der Waals surface area contributed by atoms with Crippen LogP contribution in [0.25, 0.3) is 0 Å². The molecule has 12 heteroatoms. The summed E-state index contributed by atoms with van der Waals surface area (Å²) >= 11 is 3.19. The maximum Gasteiger partial charge on any atom is 0.321 e. The van der Waals surface area contributed by atoms with Gasteiger partial charge in [0.25, 0.3) is 0 Å². The lowest BCUT2D eigenvalue weighted by Crippen LogP contribution is -2.45. The first kappa shape index (κ1) is 32.9. The van der Waals surface area contributed by atoms with Gasteiger partial charge in [0, 0.05) is 36.4 Å². The van der Waals surface area contributed by atoms with Gasteiger partial charge in [0.2, 0.25) is 10.2 Å². The summed E-state index contributed by atoms with van der Waals surface area (Å²) in [6, 6.07) is 18.5. The van der Waals surface area contributed by atoms with E-state index in [4.69, 9.17) is 0 Å². The highest BCUT2D eigenvalue weighted by Gasteiger charge is 2.41. The maximum atomic E-state index is 13.1. The van der Waals surface area contributed by atoms with Gasteiger partial charge in [-0.05, 0) is 45.6 Å². The second kappa shape index (κ2) is 15.7. The number of rotatable bonds is 12. The number of aliphatic carboxylic acids is 2. The normalized spacial score (nSPS) is 24.3. The molecule has 2 aliphatic heterocycles. The Labute approximate surface area is 263 Å². The van der Waals surface area contributed by atoms with E-state index in [1.54, 1.807) is 37.4 Å². The lowest BCUT2D eigenvalue weighted by atomic mass is 10.1. The molecule has 0 spiro atoms. The number of carboxylic acid groups (broad SMARTS) is 2. The van der Waals surface area contributed by atoms with E-state index in [0.717, 1.165) is 32.7 Å². The molecule has 4 unspecified atom stereocenters. The van der Waals surface area contributed by atoms with E-state index in [1.165, 1.54) is 0 Å². The highest BCUT2D eigenvalue weighted by atomic mass is 33.1. The Morgan fingerprint density at radius 2 is 1.07 bits per heavy atom. The summed E-state index contributed by atoms with van der Waals surface area (Å²) in [6.07, 6.45) is 1.37. The molecule has 8 nitrogen and oxygen atoms in total. The van der Waals surface area contributed by atoms with Gasteiger partial charge in [0.15, 0.2) is 0 Å². The molecule has 0 aliphatic carbocycles. The van der Waals surface area contributed by atoms with Crippen LogP contribution in [0.1, 0.15) is 25.0 Å². The standard InChI is InChI=1S/C30H36N2O6S4/c1-19(15-31-23(27(33)34)17-39-25(31)13-21-9-5-3-6-10-21)29(37)41-42-30(38)20(2)16-32-24(28(35)36)18-40-26(32)14-22-11-7-4-8-12-22/h3-12,19-20,23-26H,13-18H2,1-2H3,(H,33,34)(H,35,36)/t19-,20-,23?,24?,25?,26?/m0/s1. The van der Waals surface area contributed by atoms with E-state index in [2.05, 4.69) is 0 Å². The van der Waals surface area contributed by atoms with Crippen LogP contribution in [0.5, 0.6) is 0 Å². The predicted octanol–water partition coefficient (Wildman–Crippen LogP) is 4.83. The Bertz CT molecular complexity index is 1140. The minimum absolute atomic E-state index is 0.0487. The number of nitrogens with zero attached hydrogens (tertiary/aromatic N) is 2. The van der Waals surface area contributed by atoms with Crippen molar-refractivity contribution < 1.29 is 29.4 Å². The van der Waals surface area contributed by atoms with Crippen molar-refractivity contribution in [3.8, 4) is 0 Å². The number of thioether (sulfide) groups is 2. The van der Waals surface area contributed by atoms with E-state index in [-0.39, 0.29) is 21.0 Å². The maximum absolute atomic E-state index is 13.1. The molecule has 4 rings (SSSR count). The van der Waals surface area contributed by atoms with Gasteiger partial charge in [0.1, 0.15) is 12.1 Å². The monoisotopic (exact) mass is 648 g/mol. The first-order valence-corrected chi connectivity index (χ1v) is 18.1. The van der Waals surface area contributed by atoms with Gasteiger partial charge >= 0.3 is 11.9 Å². The van der Waals surface area contributed by atoms with E-state index in [9.17, 15) is 29.4 Å². The summed E-state index contributed by atoms with van der Waals surface area (Å²) in [7, 11) is 1.79. The van der Waals surface area contributed by atoms with Crippen LogP contribution in [-0.2, 0) is 32.0 Å². The number of benzene rings is 2. The fourth-order valence-electron chi connectivity index (χ4n) is 5.12. The molecule has 2 aromatic carbocycles. The van der Waals surface area contributed by atoms with Crippen LogP contribution in [0.15, 0.2) is 60.7 Å². The summed E-state index contributed by atoms with van der Waals surface area (Å²) in [5, 5.41) is 19.1. The van der Waals surface area contributed by atoms with Gasteiger partial charge in [0.05, 0.1) is 10.7 Å². The fourth-order valence-corrected chi connectivity index (χ4v) is 10.2. The van der Waals surface area contributed by atoms with Crippen molar-refractivity contribution >= 4 is 67.3 Å². The van der Waals surface area contributed by atoms with Crippen molar-refractivity contribution in [3.05, 3.63) is 71.8 Å². The summed E-state index contributed by atoms with van der Waals surface area (Å²) < 4.78 is 0. The van der Waals surface area contributed by atoms with E-state index < -0.39 is 35.9 Å². The summed E-state index contributed by atoms with van der Waals surface area (Å²) in [6.45, 7) is 4.14. The zero-order valence-corrected chi connectivity index (χ0v) is 26.8. The molecule has 6 atom stereocenters. The van der Waals surface area contributed by atoms with Crippen molar-refractivity contribution in [2.45, 2.75) is 49.5 Å². The van der Waals surface area contributed by atoms with Crippen molar-refractivity contribution in [1.82, 2.24) is 9.80 Å². The minimum atomic E-state index is -0.894. The van der Waals surface area contributed by atoms with Crippen LogP contribution in [0.3, 0.4) is 0 Å². The molecule has 0 amide bonds. The molecule has 2 saturated heterocycles. The largest absolute Gasteiger partial charge is 0.480 e. The minimum Gasteiger partial charge on any atom is -0.480 e. The molecular weight excluding hydrogens is 613 g/mol. The Morgan fingerprint density at radius 1 is 0.714 bits per heavy atom. The number of hydrogen-bond donors (Lipinski definition) is 2. The van der Waals surface area contributed by atoms with Gasteiger partial charge < -0.3 is 10.2 Å². The number of carboxylic acids is 2. The Morgan fingerprint density at radius 3 is 1.40 bits per heavy atom. The molecule has 2 aromatic rings. The second-order valence-electron chi connectivity index (χ2n) is 10.7. The van der Waals surface area contributed by atoms with Crippen LogP contribution in [-0.4, -0.2) is 89.6 Å². The topological polar surface area (TPSA) is 115 Å². The van der Waals surface area contributed by atoms with Crippen molar-refractivity contribution in [2.24, 2.45) is 11.8 Å². The smallest absolute Gasteiger partial charge is 0.321 e. The Kier molecular flexibility index (Phi) is 12.3. The van der Waals surface area contributed by atoms with Gasteiger partial charge in [-0.15, -0.1) is 23.5 Å². The molecule has 2 N–H and O–H groups in total. The Balaban J connectivity index is 1.31. The highest BCUT2D eigenvalue weighted by Crippen LogP contribution is 2.36. The zero-order chi connectivity index (χ0) is 30.2. The number of carbonyl (C=O) groups is 4. The lowest BCUT2D eigenvalue weighted by Gasteiger charge is -2.29. The molecule has 226 valence electrons. The average Bonchev–Trinajstić information content (AvgIpc) is 3.56. The van der Waals surface area contributed by atoms with Crippen molar-refractivity contribution in [3.63, 3.8) is 0 Å². The first-order valence-electron chi connectivity index (χ1n) is 13.8. The molecule has 2 aliphatic rings. The molecule has 0 saturated carbocycles. The van der Waals surface area contributed by atoms with Gasteiger partial charge in [-0.3, -0.25) is 29.0 Å². The number of hydrogen-bond acceptors (Lipinski definition) is 10. The molecular formula is C30H36N2O6S4. The molecule has 42 heavy (non-hydrogen) atoms. The lowest BCUT2D eigenvalue weighted by molar-refractivity contribution is -0.143. The van der Waals surface area contributed by atoms with Gasteiger partial charge in [-0.2, -0.15) is 0 Å². The van der Waals surface area contributed by atoms with Crippen LogP contribution in [0.2, 0.25) is 0 Å². The summed E-state index contributed by atoms with van der Waals surface area (Å²) in [5.74, 6) is -1.80. The summed E-state index contributed by atoms with van der Waals surface area (Å²) in [4.78, 5) is 53.8. The number of carbonyl (C=O) groups excluding carboxylic acids is 2. The van der Waals surface area contributed by atoms with E-state index in [1.807, 2.05) is 70.5 Å². The third-order valence-corrected chi connectivity index (χ3v) is 12.6. The van der Waals surface area contributed by atoms with Crippen LogP contribution < -0.4 is 0 Å². The van der Waals surface area contributed by atoms with Crippen LogP contribution in [0, 0.1) is 11.8 Å². The molecule has 2 heterocycles. The molecule has 0 bridgehead atoms. The average molecular weight is 649 g/mol. The second-order valence-corrected chi connectivity index (χ2v) is 15.2. The predicted molar refractivity (Wildman–Crippen MR) is 173 cm³/mol. The SMILES string of the molecule is C[C@@H](CN1C(Cc2ccccc2)SCC1C(=O)O)C(=O)SSC(=O)[C@@H](C)CN1C(Cc2ccccc2)SCC1C(=O)O. The Hall–Kier alpha value is -1.96. The zero-order valence-electron chi connectivity index (χ0n) is 23.5. The summed E-state index contributed by atoms with van der Waals surface area (Å²) in [5.41, 5.74) is 2.23. The van der Waals surface area contributed by atoms with Crippen molar-refractivity contribution in [2.75, 3.05) is 24.6 Å². The molecule has 2 fully saturated rings. The van der Waals surface area contributed by atoms with Crippen LogP contribution in [0.4, 0.5) is 0 Å². The molecule has 0 radical (unpaired) electrons. The fraction of sp³-hybridized carbons (Fsp3) is 0.467.